The minimum atomic E-state index is -0.0662. The first kappa shape index (κ1) is 18.6. The third kappa shape index (κ3) is 4.50. The Morgan fingerprint density at radius 1 is 1.27 bits per heavy atom. The number of carbonyl (C=O) groups is 1. The first-order valence-electron chi connectivity index (χ1n) is 8.33. The number of nitrogens with zero attached hydrogens (tertiary/aromatic N) is 4. The number of aryl methyl sites for hydroxylation is 2. The highest BCUT2D eigenvalue weighted by atomic mass is 32.2. The SMILES string of the molecule is CCCc1nnc(SCc2csc(N(C(C)=O)c3ccc(C)cc3)n2)o1. The van der Waals surface area contributed by atoms with Crippen molar-refractivity contribution in [2.75, 3.05) is 4.90 Å². The monoisotopic (exact) mass is 388 g/mol. The highest BCUT2D eigenvalue weighted by molar-refractivity contribution is 7.98. The van der Waals surface area contributed by atoms with Gasteiger partial charge in [0, 0.05) is 24.5 Å². The van der Waals surface area contributed by atoms with Gasteiger partial charge in [0.15, 0.2) is 5.13 Å². The fourth-order valence-electron chi connectivity index (χ4n) is 2.33. The number of thiazole rings is 1. The van der Waals surface area contributed by atoms with Crippen LogP contribution in [0.1, 0.15) is 37.4 Å². The maximum atomic E-state index is 12.1. The van der Waals surface area contributed by atoms with Gasteiger partial charge in [-0.1, -0.05) is 36.4 Å². The molecule has 0 fully saturated rings. The van der Waals surface area contributed by atoms with Crippen LogP contribution in [0, 0.1) is 6.92 Å². The predicted octanol–water partition coefficient (Wildman–Crippen LogP) is 4.76. The van der Waals surface area contributed by atoms with E-state index in [1.54, 1.807) is 11.8 Å². The minimum Gasteiger partial charge on any atom is -0.416 e. The van der Waals surface area contributed by atoms with E-state index in [1.165, 1.54) is 23.1 Å². The summed E-state index contributed by atoms with van der Waals surface area (Å²) in [5.41, 5.74) is 2.84. The van der Waals surface area contributed by atoms with Crippen molar-refractivity contribution in [3.8, 4) is 0 Å². The Morgan fingerprint density at radius 3 is 2.73 bits per heavy atom. The van der Waals surface area contributed by atoms with Crippen LogP contribution in [-0.2, 0) is 17.0 Å². The number of benzene rings is 1. The topological polar surface area (TPSA) is 72.1 Å². The molecule has 26 heavy (non-hydrogen) atoms. The Balaban J connectivity index is 1.70. The van der Waals surface area contributed by atoms with E-state index in [1.807, 2.05) is 36.6 Å². The van der Waals surface area contributed by atoms with Crippen molar-refractivity contribution in [2.45, 2.75) is 44.6 Å². The third-order valence-electron chi connectivity index (χ3n) is 3.59. The molecule has 3 rings (SSSR count). The van der Waals surface area contributed by atoms with E-state index in [-0.39, 0.29) is 5.91 Å². The normalized spacial score (nSPS) is 10.9. The highest BCUT2D eigenvalue weighted by Crippen LogP contribution is 2.31. The molecule has 8 heteroatoms. The van der Waals surface area contributed by atoms with Crippen molar-refractivity contribution in [3.05, 3.63) is 46.8 Å². The van der Waals surface area contributed by atoms with Crippen LogP contribution in [-0.4, -0.2) is 21.1 Å². The first-order valence-corrected chi connectivity index (χ1v) is 10.2. The third-order valence-corrected chi connectivity index (χ3v) is 5.32. The molecular formula is C18H20N4O2S2. The highest BCUT2D eigenvalue weighted by Gasteiger charge is 2.18. The number of aromatic nitrogens is 3. The summed E-state index contributed by atoms with van der Waals surface area (Å²) in [6, 6.07) is 7.83. The van der Waals surface area contributed by atoms with E-state index in [0.717, 1.165) is 29.8 Å². The second-order valence-electron chi connectivity index (χ2n) is 5.81. The summed E-state index contributed by atoms with van der Waals surface area (Å²) in [6.45, 7) is 5.64. The van der Waals surface area contributed by atoms with Crippen molar-refractivity contribution in [1.29, 1.82) is 0 Å². The Hall–Kier alpha value is -2.19. The van der Waals surface area contributed by atoms with Gasteiger partial charge in [-0.15, -0.1) is 21.5 Å². The Labute approximate surface area is 160 Å². The van der Waals surface area contributed by atoms with E-state index < -0.39 is 0 Å². The number of amides is 1. The van der Waals surface area contributed by atoms with Crippen LogP contribution in [0.15, 0.2) is 39.3 Å². The molecule has 1 aromatic carbocycles. The van der Waals surface area contributed by atoms with Gasteiger partial charge in [0.25, 0.3) is 5.22 Å². The fourth-order valence-corrected chi connectivity index (χ4v) is 4.00. The summed E-state index contributed by atoms with van der Waals surface area (Å²) >= 11 is 2.90. The van der Waals surface area contributed by atoms with Crippen LogP contribution in [0.25, 0.3) is 0 Å². The van der Waals surface area contributed by atoms with Crippen molar-refractivity contribution in [3.63, 3.8) is 0 Å². The van der Waals surface area contributed by atoms with Crippen LogP contribution in [0.2, 0.25) is 0 Å². The van der Waals surface area contributed by atoms with Gasteiger partial charge in [-0.25, -0.2) is 4.98 Å². The summed E-state index contributed by atoms with van der Waals surface area (Å²) in [4.78, 5) is 18.4. The Bertz CT molecular complexity index is 873. The zero-order chi connectivity index (χ0) is 18.5. The van der Waals surface area contributed by atoms with E-state index in [4.69, 9.17) is 4.42 Å². The summed E-state index contributed by atoms with van der Waals surface area (Å²) in [5, 5.41) is 11.2. The molecule has 0 spiro atoms. The molecule has 136 valence electrons. The largest absolute Gasteiger partial charge is 0.416 e. The van der Waals surface area contributed by atoms with Crippen LogP contribution in [0.4, 0.5) is 10.8 Å². The van der Waals surface area contributed by atoms with E-state index in [2.05, 4.69) is 22.1 Å². The molecule has 0 unspecified atom stereocenters. The molecule has 0 saturated carbocycles. The van der Waals surface area contributed by atoms with Gasteiger partial charge in [-0.2, -0.15) is 0 Å². The minimum absolute atomic E-state index is 0.0662. The molecule has 0 aliphatic carbocycles. The van der Waals surface area contributed by atoms with Crippen molar-refractivity contribution >= 4 is 39.8 Å². The van der Waals surface area contributed by atoms with E-state index >= 15 is 0 Å². The van der Waals surface area contributed by atoms with E-state index in [9.17, 15) is 4.79 Å². The second-order valence-corrected chi connectivity index (χ2v) is 7.57. The van der Waals surface area contributed by atoms with Crippen LogP contribution in [0.3, 0.4) is 0 Å². The molecule has 0 bridgehead atoms. The number of hydrogen-bond acceptors (Lipinski definition) is 7. The van der Waals surface area contributed by atoms with Gasteiger partial charge >= 0.3 is 0 Å². The van der Waals surface area contributed by atoms with Crippen LogP contribution >= 0.6 is 23.1 Å². The summed E-state index contributed by atoms with van der Waals surface area (Å²) in [6.07, 6.45) is 1.76. The van der Waals surface area contributed by atoms with Crippen molar-refractivity contribution in [2.24, 2.45) is 0 Å². The van der Waals surface area contributed by atoms with Gasteiger partial charge in [-0.05, 0) is 25.5 Å². The molecule has 0 aliphatic heterocycles. The number of thioether (sulfide) groups is 1. The maximum Gasteiger partial charge on any atom is 0.276 e. The smallest absolute Gasteiger partial charge is 0.276 e. The fraction of sp³-hybridized carbons (Fsp3) is 0.333. The summed E-state index contributed by atoms with van der Waals surface area (Å²) in [7, 11) is 0. The predicted molar refractivity (Wildman–Crippen MR) is 104 cm³/mol. The summed E-state index contributed by atoms with van der Waals surface area (Å²) < 4.78 is 5.57. The van der Waals surface area contributed by atoms with Gasteiger partial charge in [0.1, 0.15) is 0 Å². The lowest BCUT2D eigenvalue weighted by Crippen LogP contribution is -2.22. The number of rotatable bonds is 7. The quantitative estimate of drug-likeness (QED) is 0.543. The lowest BCUT2D eigenvalue weighted by molar-refractivity contribution is -0.115. The average molecular weight is 389 g/mol. The van der Waals surface area contributed by atoms with E-state index in [0.29, 0.717) is 22.0 Å². The van der Waals surface area contributed by atoms with Gasteiger partial charge in [-0.3, -0.25) is 9.69 Å². The zero-order valence-corrected chi connectivity index (χ0v) is 16.6. The van der Waals surface area contributed by atoms with Gasteiger partial charge in [0.05, 0.1) is 11.4 Å². The lowest BCUT2D eigenvalue weighted by atomic mass is 10.2. The Kier molecular flexibility index (Phi) is 6.05. The average Bonchev–Trinajstić information content (AvgIpc) is 3.25. The number of anilines is 2. The molecule has 2 heterocycles. The molecular weight excluding hydrogens is 368 g/mol. The molecule has 3 aromatic rings. The number of carbonyl (C=O) groups excluding carboxylic acids is 1. The Morgan fingerprint density at radius 2 is 2.04 bits per heavy atom. The van der Waals surface area contributed by atoms with Crippen molar-refractivity contribution in [1.82, 2.24) is 15.2 Å². The summed E-state index contributed by atoms with van der Waals surface area (Å²) in [5.74, 6) is 1.21. The van der Waals surface area contributed by atoms with Gasteiger partial charge in [0.2, 0.25) is 11.8 Å². The van der Waals surface area contributed by atoms with Crippen molar-refractivity contribution < 1.29 is 9.21 Å². The molecule has 0 radical (unpaired) electrons. The molecule has 0 atom stereocenters. The van der Waals surface area contributed by atoms with Crippen LogP contribution in [0.5, 0.6) is 0 Å². The molecule has 0 saturated heterocycles. The molecule has 2 aromatic heterocycles. The molecule has 0 aliphatic rings. The molecule has 0 N–H and O–H groups in total. The van der Waals surface area contributed by atoms with Gasteiger partial charge < -0.3 is 4.42 Å². The lowest BCUT2D eigenvalue weighted by Gasteiger charge is -2.18. The molecule has 6 nitrogen and oxygen atoms in total. The number of hydrogen-bond donors (Lipinski definition) is 0. The first-order chi connectivity index (χ1) is 12.6. The zero-order valence-electron chi connectivity index (χ0n) is 14.9. The second kappa shape index (κ2) is 8.46. The molecule has 1 amide bonds. The van der Waals surface area contributed by atoms with Crippen LogP contribution < -0.4 is 4.90 Å². The maximum absolute atomic E-state index is 12.1. The standard InChI is InChI=1S/C18H20N4O2S2/c1-4-5-16-20-21-18(24-16)26-11-14-10-25-17(19-14)22(13(3)23)15-8-6-12(2)7-9-15/h6-10H,4-5,11H2,1-3H3.